The van der Waals surface area contributed by atoms with Gasteiger partial charge in [0.25, 0.3) is 0 Å². The second-order valence-corrected chi connectivity index (χ2v) is 10.4. The highest BCUT2D eigenvalue weighted by atomic mass is 79.9. The zero-order valence-electron chi connectivity index (χ0n) is 17.7. The van der Waals surface area contributed by atoms with Gasteiger partial charge < -0.3 is 8.83 Å². The SMILES string of the molecule is Brc1cc2c3ccccc3c3cc(Br)c4c5ccccc5oc4c3c2c2oc3ccccc3c12. The molecule has 2 heterocycles. The second kappa shape index (κ2) is 6.62. The van der Waals surface area contributed by atoms with E-state index in [1.807, 2.05) is 24.3 Å². The summed E-state index contributed by atoms with van der Waals surface area (Å²) in [6, 6.07) is 29.5. The van der Waals surface area contributed by atoms with E-state index < -0.39 is 0 Å². The monoisotopic (exact) mass is 564 g/mol. The Hall–Kier alpha value is -3.34. The van der Waals surface area contributed by atoms with Crippen molar-refractivity contribution in [2.24, 2.45) is 0 Å². The highest BCUT2D eigenvalue weighted by Crippen LogP contribution is 2.49. The maximum Gasteiger partial charge on any atom is 0.145 e. The predicted molar refractivity (Wildman–Crippen MR) is 149 cm³/mol. The standard InChI is InChI=1S/C30H14Br2O2/c31-21-13-19-15-7-1-2-8-16(15)20-14-22(32)26-18-10-4-6-12-24(18)34-30(26)28(20)27(19)29-25(21)17-9-3-5-11-23(17)33-29/h1-14H. The molecule has 6 aromatic carbocycles. The molecule has 0 spiro atoms. The van der Waals surface area contributed by atoms with E-state index in [4.69, 9.17) is 8.83 Å². The fraction of sp³-hybridized carbons (Fsp3) is 0. The summed E-state index contributed by atoms with van der Waals surface area (Å²) in [7, 11) is 0. The molecule has 0 atom stereocenters. The largest absolute Gasteiger partial charge is 0.455 e. The first-order valence-electron chi connectivity index (χ1n) is 11.1. The van der Waals surface area contributed by atoms with E-state index in [9.17, 15) is 0 Å². The molecule has 0 saturated heterocycles. The highest BCUT2D eigenvalue weighted by Gasteiger charge is 2.23. The maximum atomic E-state index is 6.57. The molecule has 4 heteroatoms. The minimum absolute atomic E-state index is 0.880. The zero-order valence-corrected chi connectivity index (χ0v) is 20.8. The van der Waals surface area contributed by atoms with Gasteiger partial charge in [0.2, 0.25) is 0 Å². The van der Waals surface area contributed by atoms with Crippen LogP contribution in [0.2, 0.25) is 0 Å². The summed E-state index contributed by atoms with van der Waals surface area (Å²) in [5.41, 5.74) is 3.52. The van der Waals surface area contributed by atoms with Gasteiger partial charge in [0.1, 0.15) is 22.3 Å². The Morgan fingerprint density at radius 1 is 0.412 bits per heavy atom. The number of furan rings is 2. The van der Waals surface area contributed by atoms with Gasteiger partial charge in [0, 0.05) is 41.3 Å². The van der Waals surface area contributed by atoms with E-state index in [-0.39, 0.29) is 0 Å². The fourth-order valence-electron chi connectivity index (χ4n) is 5.58. The lowest BCUT2D eigenvalue weighted by atomic mass is 9.92. The van der Waals surface area contributed by atoms with E-state index >= 15 is 0 Å². The van der Waals surface area contributed by atoms with Crippen molar-refractivity contribution in [1.82, 2.24) is 0 Å². The Labute approximate surface area is 210 Å². The van der Waals surface area contributed by atoms with E-state index in [0.717, 1.165) is 74.4 Å². The first-order valence-corrected chi connectivity index (χ1v) is 12.7. The Morgan fingerprint density at radius 2 is 0.794 bits per heavy atom. The number of para-hydroxylation sites is 2. The van der Waals surface area contributed by atoms with Crippen LogP contribution in [0.25, 0.3) is 76.2 Å². The molecule has 0 bridgehead atoms. The molecule has 0 fully saturated rings. The third-order valence-corrected chi connectivity index (χ3v) is 8.21. The van der Waals surface area contributed by atoms with Gasteiger partial charge in [-0.2, -0.15) is 0 Å². The summed E-state index contributed by atoms with van der Waals surface area (Å²) >= 11 is 7.73. The number of halogens is 2. The fourth-order valence-corrected chi connectivity index (χ4v) is 6.82. The van der Waals surface area contributed by atoms with Gasteiger partial charge in [-0.3, -0.25) is 0 Å². The number of rotatable bonds is 0. The normalized spacial score (nSPS) is 12.4. The van der Waals surface area contributed by atoms with Crippen molar-refractivity contribution in [1.29, 1.82) is 0 Å². The molecule has 0 aliphatic rings. The third-order valence-electron chi connectivity index (χ3n) is 6.96. The Kier molecular flexibility index (Phi) is 3.70. The van der Waals surface area contributed by atoms with Gasteiger partial charge in [0.05, 0.1) is 0 Å². The lowest BCUT2D eigenvalue weighted by molar-refractivity contribution is 0.670. The van der Waals surface area contributed by atoms with Crippen molar-refractivity contribution in [2.45, 2.75) is 0 Å². The zero-order chi connectivity index (χ0) is 22.6. The molecular weight excluding hydrogens is 552 g/mol. The molecule has 0 aliphatic heterocycles. The molecular formula is C30H14Br2O2. The second-order valence-electron chi connectivity index (χ2n) is 8.71. The van der Waals surface area contributed by atoms with E-state index in [1.165, 1.54) is 10.8 Å². The van der Waals surface area contributed by atoms with Crippen molar-refractivity contribution in [3.8, 4) is 0 Å². The lowest BCUT2D eigenvalue weighted by Crippen LogP contribution is -1.86. The molecule has 2 nitrogen and oxygen atoms in total. The number of fused-ring (bicyclic) bond motifs is 14. The molecule has 34 heavy (non-hydrogen) atoms. The van der Waals surface area contributed by atoms with Crippen LogP contribution >= 0.6 is 31.9 Å². The van der Waals surface area contributed by atoms with Crippen LogP contribution in [0.4, 0.5) is 0 Å². The quantitative estimate of drug-likeness (QED) is 0.171. The van der Waals surface area contributed by atoms with Crippen molar-refractivity contribution < 1.29 is 8.83 Å². The third kappa shape index (κ3) is 2.30. The molecule has 160 valence electrons. The van der Waals surface area contributed by atoms with Crippen molar-refractivity contribution in [3.05, 3.63) is 93.9 Å². The van der Waals surface area contributed by atoms with Gasteiger partial charge in [0.15, 0.2) is 0 Å². The summed E-state index contributed by atoms with van der Waals surface area (Å²) in [5, 5.41) is 11.2. The van der Waals surface area contributed by atoms with Gasteiger partial charge >= 0.3 is 0 Å². The average Bonchev–Trinajstić information content (AvgIpc) is 3.44. The minimum Gasteiger partial charge on any atom is -0.455 e. The summed E-state index contributed by atoms with van der Waals surface area (Å²) in [5.74, 6) is 0. The van der Waals surface area contributed by atoms with Crippen LogP contribution in [0.1, 0.15) is 0 Å². The smallest absolute Gasteiger partial charge is 0.145 e. The first-order chi connectivity index (χ1) is 16.7. The Morgan fingerprint density at radius 3 is 1.24 bits per heavy atom. The van der Waals surface area contributed by atoms with E-state index in [2.05, 4.69) is 92.5 Å². The van der Waals surface area contributed by atoms with Crippen LogP contribution in [0.5, 0.6) is 0 Å². The van der Waals surface area contributed by atoms with Crippen molar-refractivity contribution in [3.63, 3.8) is 0 Å². The van der Waals surface area contributed by atoms with Crippen LogP contribution in [0.15, 0.2) is 103 Å². The molecule has 0 unspecified atom stereocenters. The van der Waals surface area contributed by atoms with Crippen molar-refractivity contribution in [2.75, 3.05) is 0 Å². The van der Waals surface area contributed by atoms with Crippen LogP contribution < -0.4 is 0 Å². The van der Waals surface area contributed by atoms with Gasteiger partial charge in [-0.1, -0.05) is 60.7 Å². The van der Waals surface area contributed by atoms with Gasteiger partial charge in [-0.25, -0.2) is 0 Å². The molecule has 8 rings (SSSR count). The lowest BCUT2D eigenvalue weighted by Gasteiger charge is -2.13. The highest BCUT2D eigenvalue weighted by molar-refractivity contribution is 9.11. The van der Waals surface area contributed by atoms with Gasteiger partial charge in [-0.05, 0) is 77.7 Å². The number of hydrogen-bond acceptors (Lipinski definition) is 2. The van der Waals surface area contributed by atoms with Crippen LogP contribution in [-0.4, -0.2) is 0 Å². The summed E-state index contributed by atoms with van der Waals surface area (Å²) in [6.07, 6.45) is 0. The molecule has 0 radical (unpaired) electrons. The van der Waals surface area contributed by atoms with E-state index in [1.54, 1.807) is 0 Å². The molecule has 0 saturated carbocycles. The number of hydrogen-bond donors (Lipinski definition) is 0. The summed E-state index contributed by atoms with van der Waals surface area (Å²) < 4.78 is 15.2. The average molecular weight is 566 g/mol. The maximum absolute atomic E-state index is 6.57. The summed E-state index contributed by atoms with van der Waals surface area (Å²) in [6.45, 7) is 0. The van der Waals surface area contributed by atoms with Crippen LogP contribution in [-0.2, 0) is 0 Å². The Bertz CT molecular complexity index is 1990. The molecule has 0 N–H and O–H groups in total. The first kappa shape index (κ1) is 19.0. The minimum atomic E-state index is 0.880. The molecule has 2 aromatic heterocycles. The van der Waals surface area contributed by atoms with Gasteiger partial charge in [-0.15, -0.1) is 0 Å². The topological polar surface area (TPSA) is 26.3 Å². The van der Waals surface area contributed by atoms with Crippen LogP contribution in [0, 0.1) is 0 Å². The summed E-state index contributed by atoms with van der Waals surface area (Å²) in [4.78, 5) is 0. The number of benzene rings is 6. The Balaban J connectivity index is 1.80. The predicted octanol–water partition coefficient (Wildman–Crippen LogP) is 10.5. The van der Waals surface area contributed by atoms with Crippen LogP contribution in [0.3, 0.4) is 0 Å². The molecule has 8 aromatic rings. The van der Waals surface area contributed by atoms with E-state index in [0.29, 0.717) is 0 Å². The molecule has 0 amide bonds. The molecule has 0 aliphatic carbocycles. The van der Waals surface area contributed by atoms with Crippen molar-refractivity contribution >= 4 is 108 Å².